The summed E-state index contributed by atoms with van der Waals surface area (Å²) in [6.45, 7) is 0. The Balaban J connectivity index is 2.58. The summed E-state index contributed by atoms with van der Waals surface area (Å²) in [4.78, 5) is 10.9. The lowest BCUT2D eigenvalue weighted by Crippen LogP contribution is -1.93. The van der Waals surface area contributed by atoms with Gasteiger partial charge in [0.1, 0.15) is 5.82 Å². The van der Waals surface area contributed by atoms with Crippen LogP contribution >= 0.6 is 34.8 Å². The van der Waals surface area contributed by atoms with Crippen molar-refractivity contribution in [2.75, 3.05) is 0 Å². The Morgan fingerprint density at radius 1 is 1.00 bits per heavy atom. The van der Waals surface area contributed by atoms with Gasteiger partial charge in [0.2, 0.25) is 0 Å². The maximum Gasteiger partial charge on any atom is 0.252 e. The van der Waals surface area contributed by atoms with E-state index >= 15 is 0 Å². The molecule has 0 bridgehead atoms. The summed E-state index contributed by atoms with van der Waals surface area (Å²) in [6, 6.07) is 8.71. The van der Waals surface area contributed by atoms with Crippen molar-refractivity contribution in [3.05, 3.63) is 57.8 Å². The van der Waals surface area contributed by atoms with E-state index in [0.29, 0.717) is 15.6 Å². The molecule has 0 unspecified atom stereocenters. The van der Waals surface area contributed by atoms with Crippen molar-refractivity contribution in [2.24, 2.45) is 0 Å². The topological polar surface area (TPSA) is 17.1 Å². The molecule has 18 heavy (non-hydrogen) atoms. The second kappa shape index (κ2) is 5.27. The van der Waals surface area contributed by atoms with Gasteiger partial charge in [0.25, 0.3) is 5.24 Å². The Labute approximate surface area is 118 Å². The molecule has 0 aliphatic carbocycles. The molecule has 0 spiro atoms. The molecule has 0 N–H and O–H groups in total. The third kappa shape index (κ3) is 2.66. The minimum Gasteiger partial charge on any atom is -0.276 e. The summed E-state index contributed by atoms with van der Waals surface area (Å²) in [5, 5.41) is 0.118. The Morgan fingerprint density at radius 3 is 2.33 bits per heavy atom. The SMILES string of the molecule is O=C(Cl)c1ccc(-c2cc(Cl)ccc2Cl)c(F)c1. The fourth-order valence-corrected chi connectivity index (χ4v) is 2.07. The second-order valence-corrected chi connectivity index (χ2v) is 4.78. The highest BCUT2D eigenvalue weighted by Crippen LogP contribution is 2.32. The molecule has 0 radical (unpaired) electrons. The second-order valence-electron chi connectivity index (χ2n) is 3.59. The van der Waals surface area contributed by atoms with E-state index in [9.17, 15) is 9.18 Å². The average Bonchev–Trinajstić information content (AvgIpc) is 2.32. The molecule has 0 heterocycles. The van der Waals surface area contributed by atoms with Crippen LogP contribution in [0.15, 0.2) is 36.4 Å². The third-order valence-electron chi connectivity index (χ3n) is 2.41. The monoisotopic (exact) mass is 302 g/mol. The van der Waals surface area contributed by atoms with E-state index in [-0.39, 0.29) is 11.1 Å². The molecule has 2 aromatic carbocycles. The van der Waals surface area contributed by atoms with E-state index < -0.39 is 11.1 Å². The number of carbonyl (C=O) groups excluding carboxylic acids is 1. The van der Waals surface area contributed by atoms with E-state index in [0.717, 1.165) is 6.07 Å². The van der Waals surface area contributed by atoms with Crippen LogP contribution in [-0.2, 0) is 0 Å². The Bertz CT molecular complexity index is 626. The van der Waals surface area contributed by atoms with Crippen LogP contribution in [0.2, 0.25) is 10.0 Å². The van der Waals surface area contributed by atoms with Crippen LogP contribution in [0.3, 0.4) is 0 Å². The molecule has 1 nitrogen and oxygen atoms in total. The third-order valence-corrected chi connectivity index (χ3v) is 3.20. The lowest BCUT2D eigenvalue weighted by molar-refractivity contribution is 0.108. The average molecular weight is 304 g/mol. The first kappa shape index (κ1) is 13.3. The normalized spacial score (nSPS) is 10.4. The first-order chi connectivity index (χ1) is 8.49. The maximum atomic E-state index is 13.9. The van der Waals surface area contributed by atoms with E-state index in [1.807, 2.05) is 0 Å². The van der Waals surface area contributed by atoms with Gasteiger partial charge < -0.3 is 0 Å². The molecule has 0 saturated heterocycles. The predicted octanol–water partition coefficient (Wildman–Crippen LogP) is 5.18. The van der Waals surface area contributed by atoms with E-state index in [1.54, 1.807) is 18.2 Å². The number of halogens is 4. The van der Waals surface area contributed by atoms with Crippen molar-refractivity contribution in [3.63, 3.8) is 0 Å². The van der Waals surface area contributed by atoms with E-state index in [1.165, 1.54) is 12.1 Å². The summed E-state index contributed by atoms with van der Waals surface area (Å²) in [6.07, 6.45) is 0. The van der Waals surface area contributed by atoms with Crippen LogP contribution in [-0.4, -0.2) is 5.24 Å². The van der Waals surface area contributed by atoms with E-state index in [2.05, 4.69) is 0 Å². The molecule has 0 fully saturated rings. The molecule has 0 saturated carbocycles. The Kier molecular flexibility index (Phi) is 3.91. The van der Waals surface area contributed by atoms with E-state index in [4.69, 9.17) is 34.8 Å². The molecule has 2 rings (SSSR count). The minimum absolute atomic E-state index is 0.0936. The van der Waals surface area contributed by atoms with Gasteiger partial charge in [-0.3, -0.25) is 4.79 Å². The Hall–Kier alpha value is -1.09. The van der Waals surface area contributed by atoms with Crippen LogP contribution in [0.25, 0.3) is 11.1 Å². The lowest BCUT2D eigenvalue weighted by atomic mass is 10.0. The number of hydrogen-bond acceptors (Lipinski definition) is 1. The van der Waals surface area contributed by atoms with Crippen LogP contribution < -0.4 is 0 Å². The molecule has 5 heteroatoms. The number of rotatable bonds is 2. The molecule has 0 aliphatic heterocycles. The smallest absolute Gasteiger partial charge is 0.252 e. The van der Waals surface area contributed by atoms with Crippen molar-refractivity contribution >= 4 is 40.0 Å². The van der Waals surface area contributed by atoms with Crippen LogP contribution in [0.4, 0.5) is 4.39 Å². The van der Waals surface area contributed by atoms with Crippen molar-refractivity contribution in [1.29, 1.82) is 0 Å². The zero-order chi connectivity index (χ0) is 13.3. The quantitative estimate of drug-likeness (QED) is 0.699. The van der Waals surface area contributed by atoms with Gasteiger partial charge in [-0.25, -0.2) is 4.39 Å². The van der Waals surface area contributed by atoms with Crippen molar-refractivity contribution < 1.29 is 9.18 Å². The van der Waals surface area contributed by atoms with Crippen LogP contribution in [0.1, 0.15) is 10.4 Å². The summed E-state index contributed by atoms with van der Waals surface area (Å²) in [7, 11) is 0. The van der Waals surface area contributed by atoms with Crippen LogP contribution in [0, 0.1) is 5.82 Å². The number of hydrogen-bond donors (Lipinski definition) is 0. The maximum absolute atomic E-state index is 13.9. The number of benzene rings is 2. The van der Waals surface area contributed by atoms with Gasteiger partial charge in [-0.05, 0) is 41.9 Å². The lowest BCUT2D eigenvalue weighted by Gasteiger charge is -2.07. The molecular formula is C13H6Cl3FO. The molecular weight excluding hydrogens is 297 g/mol. The van der Waals surface area contributed by atoms with Gasteiger partial charge in [0.05, 0.1) is 0 Å². The highest BCUT2D eigenvalue weighted by molar-refractivity contribution is 6.67. The van der Waals surface area contributed by atoms with Gasteiger partial charge in [-0.1, -0.05) is 29.3 Å². The van der Waals surface area contributed by atoms with Gasteiger partial charge >= 0.3 is 0 Å². The van der Waals surface area contributed by atoms with Crippen molar-refractivity contribution in [2.45, 2.75) is 0 Å². The predicted molar refractivity (Wildman–Crippen MR) is 72.0 cm³/mol. The summed E-state index contributed by atoms with van der Waals surface area (Å²) in [5.74, 6) is -0.578. The molecule has 0 aromatic heterocycles. The molecule has 92 valence electrons. The largest absolute Gasteiger partial charge is 0.276 e. The number of carbonyl (C=O) groups is 1. The van der Waals surface area contributed by atoms with Gasteiger partial charge in [0.15, 0.2) is 0 Å². The first-order valence-electron chi connectivity index (χ1n) is 4.94. The van der Waals surface area contributed by atoms with Gasteiger partial charge in [-0.15, -0.1) is 0 Å². The van der Waals surface area contributed by atoms with Crippen molar-refractivity contribution in [3.8, 4) is 11.1 Å². The summed E-state index contributed by atoms with van der Waals surface area (Å²) < 4.78 is 13.9. The highest BCUT2D eigenvalue weighted by Gasteiger charge is 2.12. The minimum atomic E-state index is -0.711. The first-order valence-corrected chi connectivity index (χ1v) is 6.07. The van der Waals surface area contributed by atoms with Crippen molar-refractivity contribution in [1.82, 2.24) is 0 Å². The van der Waals surface area contributed by atoms with Gasteiger partial charge in [0, 0.05) is 26.7 Å². The fourth-order valence-electron chi connectivity index (χ4n) is 1.56. The molecule has 0 atom stereocenters. The molecule has 0 aliphatic rings. The zero-order valence-electron chi connectivity index (χ0n) is 8.88. The Morgan fingerprint density at radius 2 is 1.72 bits per heavy atom. The van der Waals surface area contributed by atoms with Crippen LogP contribution in [0.5, 0.6) is 0 Å². The highest BCUT2D eigenvalue weighted by atomic mass is 35.5. The molecule has 2 aromatic rings. The summed E-state index contributed by atoms with van der Waals surface area (Å²) in [5.41, 5.74) is 0.829. The standard InChI is InChI=1S/C13H6Cl3FO/c14-8-2-4-11(15)10(6-8)9-3-1-7(13(16)18)5-12(9)17/h1-6H. The zero-order valence-corrected chi connectivity index (χ0v) is 11.2. The summed E-state index contributed by atoms with van der Waals surface area (Å²) >= 11 is 17.1. The fraction of sp³-hybridized carbons (Fsp3) is 0. The van der Waals surface area contributed by atoms with Gasteiger partial charge in [-0.2, -0.15) is 0 Å². The molecule has 0 amide bonds.